The van der Waals surface area contributed by atoms with Gasteiger partial charge >= 0.3 is 0 Å². The normalized spacial score (nSPS) is 21.2. The van der Waals surface area contributed by atoms with Crippen LogP contribution in [0.3, 0.4) is 0 Å². The van der Waals surface area contributed by atoms with Crippen molar-refractivity contribution in [1.82, 2.24) is 10.6 Å². The highest BCUT2D eigenvalue weighted by Crippen LogP contribution is 2.56. The molecule has 4 aliphatic rings. The zero-order chi connectivity index (χ0) is 46.7. The second kappa shape index (κ2) is 19.4. The summed E-state index contributed by atoms with van der Waals surface area (Å²) in [6, 6.07) is 29.0. The summed E-state index contributed by atoms with van der Waals surface area (Å²) in [6.45, 7) is 12.7. The van der Waals surface area contributed by atoms with Gasteiger partial charge in [-0.3, -0.25) is 9.59 Å². The zero-order valence-corrected chi connectivity index (χ0v) is 41.2. The van der Waals surface area contributed by atoms with Crippen LogP contribution in [0.25, 0.3) is 12.2 Å². The summed E-state index contributed by atoms with van der Waals surface area (Å²) in [7, 11) is 11.5. The average Bonchev–Trinajstić information content (AvgIpc) is 4.03. The number of rotatable bonds is 17. The van der Waals surface area contributed by atoms with Gasteiger partial charge in [-0.15, -0.1) is 0 Å². The topological polar surface area (TPSA) is 89.6 Å². The monoisotopic (exact) mass is 924 g/mol. The van der Waals surface area contributed by atoms with Crippen LogP contribution in [0.5, 0.6) is 0 Å². The fourth-order valence-electron chi connectivity index (χ4n) is 9.82. The minimum Gasteiger partial charge on any atom is -0.378 e. The van der Waals surface area contributed by atoms with E-state index in [1.54, 1.807) is 21.6 Å². The summed E-state index contributed by atoms with van der Waals surface area (Å²) < 4.78 is 13.1. The molecular formula is C54H64N6O4S2. The van der Waals surface area contributed by atoms with Crippen LogP contribution in [0.2, 0.25) is 0 Å². The number of nitrogens with one attached hydrogen (secondary N) is 2. The number of hydrogen-bond acceptors (Lipinski definition) is 10. The fraction of sp³-hybridized carbons (Fsp3) is 0.370. The summed E-state index contributed by atoms with van der Waals surface area (Å²) in [5.41, 5.74) is 8.28. The maximum absolute atomic E-state index is 13.4. The first-order chi connectivity index (χ1) is 31.7. The minimum absolute atomic E-state index is 0.0856. The van der Waals surface area contributed by atoms with Crippen LogP contribution in [-0.2, 0) is 20.3 Å². The molecule has 2 fully saturated rings. The molecule has 2 atom stereocenters. The number of anilines is 4. The van der Waals surface area contributed by atoms with Gasteiger partial charge in [-0.25, -0.2) is 0 Å². The first kappa shape index (κ1) is 47.1. The lowest BCUT2D eigenvalue weighted by Crippen LogP contribution is -2.51. The van der Waals surface area contributed by atoms with Crippen LogP contribution in [-0.4, -0.2) is 102 Å². The molecule has 12 heteroatoms. The molecule has 0 spiro atoms. The molecule has 10 nitrogen and oxygen atoms in total. The van der Waals surface area contributed by atoms with Crippen LogP contribution >= 0.6 is 21.6 Å². The molecular weight excluding hydrogens is 861 g/mol. The number of amides is 2. The number of allylic oxidation sites excluding steroid dienone is 4. The fourth-order valence-corrected chi connectivity index (χ4v) is 11.6. The predicted molar refractivity (Wildman–Crippen MR) is 278 cm³/mol. The quantitative estimate of drug-likeness (QED) is 0.0607. The van der Waals surface area contributed by atoms with Crippen LogP contribution in [0, 0.1) is 0 Å². The SMILES string of the molecule is CN(C)c1ccc(/C=C/C=C/C23OCCN2c2ccc(C(=O)NCCSSCCNC(=O)c4ccc5c(c4)C(C)(C)[C@]4(/C=C/C=C/c6ccc(N(C)C)cc6)OCCN54)cc2C3(C)C)cc1. The van der Waals surface area contributed by atoms with E-state index in [0.717, 1.165) is 58.2 Å². The van der Waals surface area contributed by atoms with Crippen LogP contribution < -0.4 is 30.2 Å². The first-order valence-corrected chi connectivity index (χ1v) is 25.4. The van der Waals surface area contributed by atoms with Crippen LogP contribution in [0.1, 0.15) is 70.7 Å². The van der Waals surface area contributed by atoms with E-state index in [0.29, 0.717) is 37.4 Å². The molecule has 66 heavy (non-hydrogen) atoms. The molecule has 4 aliphatic heterocycles. The van der Waals surface area contributed by atoms with Crippen molar-refractivity contribution in [2.24, 2.45) is 0 Å². The summed E-state index contributed by atoms with van der Waals surface area (Å²) in [4.78, 5) is 35.6. The summed E-state index contributed by atoms with van der Waals surface area (Å²) in [6.07, 6.45) is 16.8. The lowest BCUT2D eigenvalue weighted by Gasteiger charge is -2.39. The Morgan fingerprint density at radius 2 is 0.985 bits per heavy atom. The number of carbonyl (C=O) groups excluding carboxylic acids is 2. The summed E-state index contributed by atoms with van der Waals surface area (Å²) in [5.74, 6) is 1.32. The van der Waals surface area contributed by atoms with Gasteiger partial charge in [0.05, 0.1) is 13.2 Å². The summed E-state index contributed by atoms with van der Waals surface area (Å²) >= 11 is 0. The molecule has 4 aromatic rings. The van der Waals surface area contributed by atoms with Crippen molar-refractivity contribution < 1.29 is 19.1 Å². The lowest BCUT2D eigenvalue weighted by molar-refractivity contribution is -0.000360. The van der Waals surface area contributed by atoms with Gasteiger partial charge < -0.3 is 39.7 Å². The van der Waals surface area contributed by atoms with E-state index in [4.69, 9.17) is 9.47 Å². The number of carbonyl (C=O) groups is 2. The number of benzene rings is 4. The molecule has 2 saturated heterocycles. The average molecular weight is 925 g/mol. The molecule has 0 radical (unpaired) electrons. The molecule has 0 aliphatic carbocycles. The van der Waals surface area contributed by atoms with Gasteiger partial charge in [-0.05, 0) is 95.1 Å². The summed E-state index contributed by atoms with van der Waals surface area (Å²) in [5, 5.41) is 6.22. The van der Waals surface area contributed by atoms with Crippen LogP contribution in [0.15, 0.2) is 121 Å². The number of ether oxygens (including phenoxy) is 2. The Hall–Kier alpha value is -5.40. The molecule has 8 rings (SSSR count). The Bertz CT molecular complexity index is 2360. The molecule has 2 N–H and O–H groups in total. The predicted octanol–water partition coefficient (Wildman–Crippen LogP) is 9.55. The molecule has 0 bridgehead atoms. The molecule has 1 unspecified atom stereocenters. The van der Waals surface area contributed by atoms with E-state index >= 15 is 0 Å². The van der Waals surface area contributed by atoms with Crippen molar-refractivity contribution >= 4 is 68.3 Å². The highest BCUT2D eigenvalue weighted by atomic mass is 33.1. The van der Waals surface area contributed by atoms with E-state index in [1.807, 2.05) is 52.5 Å². The zero-order valence-electron chi connectivity index (χ0n) is 39.6. The second-order valence-electron chi connectivity index (χ2n) is 18.7. The second-order valence-corrected chi connectivity index (χ2v) is 21.4. The number of fused-ring (bicyclic) bond motifs is 6. The van der Waals surface area contributed by atoms with Gasteiger partial charge in [0.2, 0.25) is 0 Å². The minimum atomic E-state index is -0.637. The highest BCUT2D eigenvalue weighted by molar-refractivity contribution is 8.76. The molecule has 0 aromatic heterocycles. The molecule has 2 amide bonds. The number of hydrogen-bond donors (Lipinski definition) is 2. The third-order valence-corrected chi connectivity index (χ3v) is 16.0. The van der Waals surface area contributed by atoms with Crippen molar-refractivity contribution in [3.63, 3.8) is 0 Å². The van der Waals surface area contributed by atoms with E-state index in [9.17, 15) is 9.59 Å². The van der Waals surface area contributed by atoms with Gasteiger partial charge in [0.1, 0.15) is 0 Å². The Morgan fingerprint density at radius 1 is 0.591 bits per heavy atom. The standard InChI is InChI=1S/C54H64N6O4S2/c1-51(2)45-37-41(19-25-47(45)59-31-33-63-53(51,59)27-11-9-13-39-15-21-43(22-16-39)57(5)6)49(61)55-29-35-65-66-36-30-56-50(62)42-20-26-48-46(38-42)52(3,4)54(60(48)32-34-64-54)28-12-10-14-40-17-23-44(24-18-40)58(7)8/h9-28,37-38H,29-36H2,1-8H3,(H,55,61)(H,56,62)/b13-9+,14-10+,27-11+,28-12+/t53-,54?/m0/s1. The van der Waals surface area contributed by atoms with Gasteiger partial charge in [0.15, 0.2) is 11.4 Å². The van der Waals surface area contributed by atoms with E-state index < -0.39 is 22.3 Å². The third kappa shape index (κ3) is 8.92. The van der Waals surface area contributed by atoms with E-state index in [1.165, 1.54) is 11.4 Å². The van der Waals surface area contributed by atoms with Gasteiger partial charge in [-0.1, -0.05) is 110 Å². The molecule has 4 aromatic carbocycles. The largest absolute Gasteiger partial charge is 0.378 e. The van der Waals surface area contributed by atoms with Crippen molar-refractivity contribution in [3.8, 4) is 0 Å². The third-order valence-electron chi connectivity index (χ3n) is 13.6. The van der Waals surface area contributed by atoms with Crippen molar-refractivity contribution in [2.45, 2.75) is 50.0 Å². The molecule has 346 valence electrons. The maximum Gasteiger partial charge on any atom is 0.251 e. The number of nitrogens with zero attached hydrogens (tertiary/aromatic N) is 4. The molecule has 4 heterocycles. The van der Waals surface area contributed by atoms with Crippen LogP contribution in [0.4, 0.5) is 22.7 Å². The lowest BCUT2D eigenvalue weighted by atomic mass is 9.77. The van der Waals surface area contributed by atoms with Crippen molar-refractivity contribution in [3.05, 3.63) is 155 Å². The Kier molecular flexibility index (Phi) is 13.9. The Morgan fingerprint density at radius 3 is 1.36 bits per heavy atom. The van der Waals surface area contributed by atoms with Gasteiger partial charge in [0.25, 0.3) is 11.8 Å². The first-order valence-electron chi connectivity index (χ1n) is 22.9. The van der Waals surface area contributed by atoms with Crippen molar-refractivity contribution in [1.29, 1.82) is 0 Å². The van der Waals surface area contributed by atoms with Crippen molar-refractivity contribution in [2.75, 3.05) is 98.7 Å². The Labute approximate surface area is 399 Å². The smallest absolute Gasteiger partial charge is 0.251 e. The maximum atomic E-state index is 13.4. The molecule has 0 saturated carbocycles. The van der Waals surface area contributed by atoms with Gasteiger partial charge in [-0.2, -0.15) is 0 Å². The van der Waals surface area contributed by atoms with Gasteiger partial charge in [0, 0.05) is 111 Å². The van der Waals surface area contributed by atoms with E-state index in [-0.39, 0.29) is 11.8 Å². The highest BCUT2D eigenvalue weighted by Gasteiger charge is 2.60. The van der Waals surface area contributed by atoms with E-state index in [2.05, 4.69) is 167 Å². The Balaban J connectivity index is 0.785.